The van der Waals surface area contributed by atoms with Crippen LogP contribution in [-0.2, 0) is 4.74 Å². The Morgan fingerprint density at radius 2 is 2.10 bits per heavy atom. The van der Waals surface area contributed by atoms with Gasteiger partial charge in [0.05, 0.1) is 12.9 Å². The molecule has 58 valence electrons. The van der Waals surface area contributed by atoms with E-state index in [-0.39, 0.29) is 6.61 Å². The van der Waals surface area contributed by atoms with Crippen molar-refractivity contribution in [1.29, 1.82) is 0 Å². The molecule has 1 heterocycles. The lowest BCUT2D eigenvalue weighted by Crippen LogP contribution is -2.42. The molecular formula is C6H10O4. The van der Waals surface area contributed by atoms with Crippen LogP contribution in [0.1, 0.15) is 0 Å². The molecule has 3 atom stereocenters. The van der Waals surface area contributed by atoms with Crippen LogP contribution in [0.25, 0.3) is 0 Å². The molecule has 0 fully saturated rings. The number of aliphatic hydroxyl groups is 3. The highest BCUT2D eigenvalue weighted by Gasteiger charge is 2.27. The van der Waals surface area contributed by atoms with Gasteiger partial charge in [0.2, 0.25) is 0 Å². The largest absolute Gasteiger partial charge is 0.493 e. The molecule has 4 nitrogen and oxygen atoms in total. The van der Waals surface area contributed by atoms with Crippen LogP contribution in [0.4, 0.5) is 0 Å². The Labute approximate surface area is 58.4 Å². The fraction of sp³-hybridized carbons (Fsp3) is 0.667. The molecule has 1 aliphatic heterocycles. The molecule has 4 heteroatoms. The van der Waals surface area contributed by atoms with Crippen LogP contribution in [0, 0.1) is 0 Å². The van der Waals surface area contributed by atoms with Crippen molar-refractivity contribution >= 4 is 0 Å². The lowest BCUT2D eigenvalue weighted by Gasteiger charge is -2.26. The smallest absolute Gasteiger partial charge is 0.149 e. The summed E-state index contributed by atoms with van der Waals surface area (Å²) in [6.45, 7) is -0.289. The highest BCUT2D eigenvalue weighted by Crippen LogP contribution is 2.10. The molecule has 0 saturated carbocycles. The number of hydrogen-bond donors (Lipinski definition) is 3. The van der Waals surface area contributed by atoms with Crippen molar-refractivity contribution in [3.63, 3.8) is 0 Å². The number of ether oxygens (including phenoxy) is 1. The van der Waals surface area contributed by atoms with E-state index < -0.39 is 18.3 Å². The van der Waals surface area contributed by atoms with E-state index in [1.54, 1.807) is 0 Å². The number of hydrogen-bond acceptors (Lipinski definition) is 4. The summed E-state index contributed by atoms with van der Waals surface area (Å²) in [4.78, 5) is 0. The minimum Gasteiger partial charge on any atom is -0.493 e. The van der Waals surface area contributed by atoms with Crippen LogP contribution < -0.4 is 0 Å². The first-order chi connectivity index (χ1) is 4.75. The van der Waals surface area contributed by atoms with Crippen LogP contribution in [0.15, 0.2) is 12.3 Å². The molecule has 1 rings (SSSR count). The molecule has 0 radical (unpaired) electrons. The zero-order valence-corrected chi connectivity index (χ0v) is 5.34. The maximum Gasteiger partial charge on any atom is 0.149 e. The topological polar surface area (TPSA) is 69.9 Å². The molecule has 0 bridgehead atoms. The van der Waals surface area contributed by atoms with Crippen molar-refractivity contribution in [2.45, 2.75) is 18.3 Å². The zero-order valence-electron chi connectivity index (χ0n) is 5.34. The van der Waals surface area contributed by atoms with E-state index in [9.17, 15) is 0 Å². The maximum absolute atomic E-state index is 9.05. The molecule has 0 amide bonds. The fourth-order valence-corrected chi connectivity index (χ4v) is 0.792. The SMILES string of the molecule is OC[C@H]1OC=CC(O)[C@H]1O. The highest BCUT2D eigenvalue weighted by atomic mass is 16.5. The van der Waals surface area contributed by atoms with Gasteiger partial charge in [-0.2, -0.15) is 0 Å². The zero-order chi connectivity index (χ0) is 7.56. The highest BCUT2D eigenvalue weighted by molar-refractivity contribution is 4.96. The predicted molar refractivity (Wildman–Crippen MR) is 33.1 cm³/mol. The summed E-state index contributed by atoms with van der Waals surface area (Å²) < 4.78 is 4.77. The summed E-state index contributed by atoms with van der Waals surface area (Å²) in [5.74, 6) is 0. The van der Waals surface area contributed by atoms with Crippen molar-refractivity contribution in [2.75, 3.05) is 6.61 Å². The lowest BCUT2D eigenvalue weighted by molar-refractivity contribution is -0.0808. The van der Waals surface area contributed by atoms with Gasteiger partial charge in [-0.3, -0.25) is 0 Å². The summed E-state index contributed by atoms with van der Waals surface area (Å²) in [6, 6.07) is 0. The van der Waals surface area contributed by atoms with E-state index in [1.165, 1.54) is 12.3 Å². The lowest BCUT2D eigenvalue weighted by atomic mass is 10.1. The predicted octanol–water partition coefficient (Wildman–Crippen LogP) is -1.39. The van der Waals surface area contributed by atoms with E-state index >= 15 is 0 Å². The fourth-order valence-electron chi connectivity index (χ4n) is 0.792. The van der Waals surface area contributed by atoms with E-state index in [1.807, 2.05) is 0 Å². The molecule has 0 aromatic rings. The molecule has 0 aromatic carbocycles. The Bertz CT molecular complexity index is 134. The van der Waals surface area contributed by atoms with Crippen molar-refractivity contribution in [3.8, 4) is 0 Å². The van der Waals surface area contributed by atoms with Gasteiger partial charge in [-0.15, -0.1) is 0 Å². The van der Waals surface area contributed by atoms with Crippen molar-refractivity contribution in [3.05, 3.63) is 12.3 Å². The van der Waals surface area contributed by atoms with Gasteiger partial charge in [0.1, 0.15) is 18.3 Å². The Kier molecular flexibility index (Phi) is 2.26. The molecule has 0 aromatic heterocycles. The molecule has 0 aliphatic carbocycles. The van der Waals surface area contributed by atoms with Gasteiger partial charge in [0.25, 0.3) is 0 Å². The normalized spacial score (nSPS) is 39.3. The number of rotatable bonds is 1. The molecule has 0 saturated heterocycles. The van der Waals surface area contributed by atoms with Crippen LogP contribution in [-0.4, -0.2) is 40.2 Å². The first-order valence-electron chi connectivity index (χ1n) is 3.05. The van der Waals surface area contributed by atoms with E-state index in [0.717, 1.165) is 0 Å². The molecule has 10 heavy (non-hydrogen) atoms. The summed E-state index contributed by atoms with van der Waals surface area (Å²) in [6.07, 6.45) is -0.0318. The second-order valence-electron chi connectivity index (χ2n) is 2.17. The quantitative estimate of drug-likeness (QED) is 0.426. The minimum atomic E-state index is -1.02. The third-order valence-corrected chi connectivity index (χ3v) is 1.44. The monoisotopic (exact) mass is 146 g/mol. The van der Waals surface area contributed by atoms with E-state index in [0.29, 0.717) is 0 Å². The second-order valence-corrected chi connectivity index (χ2v) is 2.17. The Morgan fingerprint density at radius 3 is 2.60 bits per heavy atom. The van der Waals surface area contributed by atoms with Gasteiger partial charge < -0.3 is 20.1 Å². The first kappa shape index (κ1) is 7.53. The Balaban J connectivity index is 2.56. The molecule has 3 N–H and O–H groups in total. The molecule has 0 spiro atoms. The molecule has 1 aliphatic rings. The van der Waals surface area contributed by atoms with Crippen molar-refractivity contribution in [2.24, 2.45) is 0 Å². The number of aliphatic hydroxyl groups excluding tert-OH is 3. The van der Waals surface area contributed by atoms with Crippen LogP contribution >= 0.6 is 0 Å². The standard InChI is InChI=1S/C6H10O4/c7-3-5-6(9)4(8)1-2-10-5/h1-2,4-9H,3H2/t4?,5-,6-/m1/s1. The van der Waals surface area contributed by atoms with Gasteiger partial charge in [0.15, 0.2) is 0 Å². The molecular weight excluding hydrogens is 136 g/mol. The van der Waals surface area contributed by atoms with Crippen LogP contribution in [0.5, 0.6) is 0 Å². The van der Waals surface area contributed by atoms with Crippen molar-refractivity contribution < 1.29 is 20.1 Å². The summed E-state index contributed by atoms with van der Waals surface area (Å²) in [7, 11) is 0. The van der Waals surface area contributed by atoms with E-state index in [4.69, 9.17) is 20.1 Å². The van der Waals surface area contributed by atoms with Gasteiger partial charge in [-0.05, 0) is 6.08 Å². The van der Waals surface area contributed by atoms with E-state index in [2.05, 4.69) is 0 Å². The maximum atomic E-state index is 9.05. The Hall–Kier alpha value is -0.580. The van der Waals surface area contributed by atoms with Crippen molar-refractivity contribution in [1.82, 2.24) is 0 Å². The minimum absolute atomic E-state index is 0.289. The first-order valence-corrected chi connectivity index (χ1v) is 3.05. The van der Waals surface area contributed by atoms with Gasteiger partial charge in [-0.25, -0.2) is 0 Å². The van der Waals surface area contributed by atoms with Gasteiger partial charge in [0, 0.05) is 0 Å². The third kappa shape index (κ3) is 1.29. The third-order valence-electron chi connectivity index (χ3n) is 1.44. The Morgan fingerprint density at radius 1 is 1.40 bits per heavy atom. The molecule has 1 unspecified atom stereocenters. The van der Waals surface area contributed by atoms with Gasteiger partial charge >= 0.3 is 0 Å². The average molecular weight is 146 g/mol. The summed E-state index contributed by atoms with van der Waals surface area (Å²) in [5, 5.41) is 26.6. The van der Waals surface area contributed by atoms with Crippen LogP contribution in [0.3, 0.4) is 0 Å². The average Bonchev–Trinajstić information content (AvgIpc) is 1.95. The second kappa shape index (κ2) is 3.01. The summed E-state index contributed by atoms with van der Waals surface area (Å²) in [5.41, 5.74) is 0. The van der Waals surface area contributed by atoms with Gasteiger partial charge in [-0.1, -0.05) is 0 Å². The van der Waals surface area contributed by atoms with Crippen LogP contribution in [0.2, 0.25) is 0 Å². The summed E-state index contributed by atoms with van der Waals surface area (Å²) >= 11 is 0.